The number of anilines is 1. The molecule has 1 amide bonds. The van der Waals surface area contributed by atoms with Crippen LogP contribution in [0.25, 0.3) is 16.9 Å². The molecule has 3 fully saturated rings. The number of fused-ring (bicyclic) bond motifs is 3. The Bertz CT molecular complexity index is 1180. The molecule has 3 aliphatic heterocycles. The Labute approximate surface area is 198 Å². The number of nitrogens with zero attached hydrogens (tertiary/aromatic N) is 5. The van der Waals surface area contributed by atoms with Crippen molar-refractivity contribution in [1.82, 2.24) is 29.8 Å². The number of nitrogens with one attached hydrogen (secondary N) is 2. The van der Waals surface area contributed by atoms with Crippen molar-refractivity contribution in [1.29, 1.82) is 0 Å². The quantitative estimate of drug-likeness (QED) is 0.601. The highest BCUT2D eigenvalue weighted by Crippen LogP contribution is 2.38. The Kier molecular flexibility index (Phi) is 5.36. The van der Waals surface area contributed by atoms with Gasteiger partial charge in [-0.1, -0.05) is 13.8 Å². The summed E-state index contributed by atoms with van der Waals surface area (Å²) in [4.78, 5) is 23.9. The molecule has 2 atom stereocenters. The summed E-state index contributed by atoms with van der Waals surface area (Å²) < 4.78 is 7.61. The van der Waals surface area contributed by atoms with E-state index in [-0.39, 0.29) is 30.3 Å². The van der Waals surface area contributed by atoms with E-state index >= 15 is 0 Å². The molecule has 6 heterocycles. The minimum atomic E-state index is -0.141. The van der Waals surface area contributed by atoms with Gasteiger partial charge in [0.15, 0.2) is 5.65 Å². The highest BCUT2D eigenvalue weighted by Gasteiger charge is 2.45. The number of ether oxygens (including phenoxy) is 1. The number of hydrogen-bond donors (Lipinski definition) is 2. The Morgan fingerprint density at radius 2 is 1.91 bits per heavy atom. The van der Waals surface area contributed by atoms with Crippen LogP contribution in [0.3, 0.4) is 0 Å². The smallest absolute Gasteiger partial charge is 0.410 e. The monoisotopic (exact) mass is 461 g/mol. The van der Waals surface area contributed by atoms with Crippen molar-refractivity contribution in [2.75, 3.05) is 18.4 Å². The summed E-state index contributed by atoms with van der Waals surface area (Å²) in [7, 11) is 0. The summed E-state index contributed by atoms with van der Waals surface area (Å²) in [6.07, 6.45) is 9.27. The van der Waals surface area contributed by atoms with Crippen molar-refractivity contribution in [3.8, 4) is 11.3 Å². The third kappa shape index (κ3) is 3.77. The molecule has 3 aliphatic rings. The van der Waals surface area contributed by atoms with Gasteiger partial charge in [-0.15, -0.1) is 0 Å². The third-order valence-electron chi connectivity index (χ3n) is 7.40. The van der Waals surface area contributed by atoms with Gasteiger partial charge >= 0.3 is 6.09 Å². The Morgan fingerprint density at radius 3 is 2.56 bits per heavy atom. The number of piperidine rings is 1. The number of aromatic nitrogens is 4. The molecule has 34 heavy (non-hydrogen) atoms. The van der Waals surface area contributed by atoms with E-state index in [2.05, 4.69) is 40.6 Å². The average molecular weight is 462 g/mol. The van der Waals surface area contributed by atoms with E-state index in [1.165, 1.54) is 0 Å². The topological polar surface area (TPSA) is 96.7 Å². The maximum absolute atomic E-state index is 12.8. The molecule has 178 valence electrons. The molecule has 3 saturated heterocycles. The summed E-state index contributed by atoms with van der Waals surface area (Å²) in [5.74, 6) is 1.26. The highest BCUT2D eigenvalue weighted by molar-refractivity contribution is 5.70. The van der Waals surface area contributed by atoms with E-state index < -0.39 is 0 Å². The summed E-state index contributed by atoms with van der Waals surface area (Å²) in [5, 5.41) is 11.6. The van der Waals surface area contributed by atoms with Crippen molar-refractivity contribution in [3.63, 3.8) is 0 Å². The standard InChI is InChI=1S/C25H31N7O2/c1-15(2)21-14-28-32-23(11-22(30-24(21)32)16-5-7-26-8-6-16)29-17-9-18-3-4-19(10-17)31(18)25(33)34-20-12-27-13-20/h5-8,11,14-15,17-20,27,29H,3-4,9-10,12-13H2,1-2H3. The number of amides is 1. The molecule has 3 aromatic heterocycles. The molecule has 2 bridgehead atoms. The second-order valence-corrected chi connectivity index (χ2v) is 10.0. The summed E-state index contributed by atoms with van der Waals surface area (Å²) in [5.41, 5.74) is 3.93. The van der Waals surface area contributed by atoms with Gasteiger partial charge in [0.2, 0.25) is 0 Å². The first kappa shape index (κ1) is 21.3. The maximum atomic E-state index is 12.8. The van der Waals surface area contributed by atoms with Gasteiger partial charge in [0.05, 0.1) is 11.9 Å². The van der Waals surface area contributed by atoms with Crippen LogP contribution in [0.5, 0.6) is 0 Å². The van der Waals surface area contributed by atoms with Crippen LogP contribution >= 0.6 is 0 Å². The van der Waals surface area contributed by atoms with Crippen LogP contribution in [0.4, 0.5) is 10.6 Å². The van der Waals surface area contributed by atoms with Crippen LogP contribution in [-0.4, -0.2) is 67.9 Å². The van der Waals surface area contributed by atoms with E-state index in [4.69, 9.17) is 9.72 Å². The summed E-state index contributed by atoms with van der Waals surface area (Å²) >= 11 is 0. The first-order valence-electron chi connectivity index (χ1n) is 12.3. The van der Waals surface area contributed by atoms with Gasteiger partial charge in [-0.2, -0.15) is 9.61 Å². The number of pyridine rings is 1. The molecule has 9 heteroatoms. The van der Waals surface area contributed by atoms with Crippen LogP contribution in [0.2, 0.25) is 0 Å². The fourth-order valence-electron chi connectivity index (χ4n) is 5.51. The lowest BCUT2D eigenvalue weighted by molar-refractivity contribution is 0.0194. The predicted octanol–water partition coefficient (Wildman–Crippen LogP) is 3.43. The molecule has 0 aromatic carbocycles. The summed E-state index contributed by atoms with van der Waals surface area (Å²) in [6.45, 7) is 5.85. The molecule has 2 unspecified atom stereocenters. The van der Waals surface area contributed by atoms with Crippen molar-refractivity contribution >= 4 is 17.6 Å². The summed E-state index contributed by atoms with van der Waals surface area (Å²) in [6, 6.07) is 6.74. The Balaban J connectivity index is 1.27. The van der Waals surface area contributed by atoms with Gasteiger partial charge in [-0.05, 0) is 43.7 Å². The zero-order valence-corrected chi connectivity index (χ0v) is 19.6. The van der Waals surface area contributed by atoms with E-state index in [9.17, 15) is 4.79 Å². The molecule has 0 spiro atoms. The van der Waals surface area contributed by atoms with Gasteiger partial charge in [0, 0.05) is 60.8 Å². The van der Waals surface area contributed by atoms with E-state index in [0.717, 1.165) is 67.1 Å². The zero-order chi connectivity index (χ0) is 23.2. The number of carbonyl (C=O) groups is 1. The maximum Gasteiger partial charge on any atom is 0.410 e. The van der Waals surface area contributed by atoms with E-state index in [1.807, 2.05) is 27.7 Å². The molecular weight excluding hydrogens is 430 g/mol. The average Bonchev–Trinajstić information content (AvgIpc) is 3.36. The minimum Gasteiger partial charge on any atom is -0.443 e. The fourth-order valence-corrected chi connectivity index (χ4v) is 5.51. The van der Waals surface area contributed by atoms with Crippen LogP contribution in [0, 0.1) is 0 Å². The second-order valence-electron chi connectivity index (χ2n) is 10.0. The van der Waals surface area contributed by atoms with Gasteiger partial charge < -0.3 is 20.3 Å². The van der Waals surface area contributed by atoms with Crippen molar-refractivity contribution < 1.29 is 9.53 Å². The van der Waals surface area contributed by atoms with Gasteiger partial charge in [0.25, 0.3) is 0 Å². The van der Waals surface area contributed by atoms with Crippen LogP contribution in [0.1, 0.15) is 51.0 Å². The van der Waals surface area contributed by atoms with Crippen molar-refractivity contribution in [3.05, 3.63) is 42.4 Å². The van der Waals surface area contributed by atoms with Gasteiger partial charge in [-0.3, -0.25) is 4.98 Å². The van der Waals surface area contributed by atoms with Crippen LogP contribution < -0.4 is 10.6 Å². The number of rotatable bonds is 5. The first-order valence-corrected chi connectivity index (χ1v) is 12.3. The largest absolute Gasteiger partial charge is 0.443 e. The van der Waals surface area contributed by atoms with Crippen molar-refractivity contribution in [2.24, 2.45) is 0 Å². The Hall–Kier alpha value is -3.20. The number of hydrogen-bond acceptors (Lipinski definition) is 7. The predicted molar refractivity (Wildman–Crippen MR) is 129 cm³/mol. The first-order chi connectivity index (χ1) is 16.6. The molecule has 0 aliphatic carbocycles. The normalized spacial score (nSPS) is 24.4. The lowest BCUT2D eigenvalue weighted by atomic mass is 9.97. The molecule has 3 aromatic rings. The van der Waals surface area contributed by atoms with Crippen LogP contribution in [-0.2, 0) is 4.74 Å². The fraction of sp³-hybridized carbons (Fsp3) is 0.520. The molecule has 6 rings (SSSR count). The van der Waals surface area contributed by atoms with Crippen molar-refractivity contribution in [2.45, 2.75) is 69.7 Å². The highest BCUT2D eigenvalue weighted by atomic mass is 16.6. The molecule has 0 saturated carbocycles. The minimum absolute atomic E-state index is 0.0226. The Morgan fingerprint density at radius 1 is 1.18 bits per heavy atom. The lowest BCUT2D eigenvalue weighted by Gasteiger charge is -2.40. The molecule has 0 radical (unpaired) electrons. The van der Waals surface area contributed by atoms with Gasteiger partial charge in [0.1, 0.15) is 11.9 Å². The van der Waals surface area contributed by atoms with Crippen LogP contribution in [0.15, 0.2) is 36.8 Å². The van der Waals surface area contributed by atoms with E-state index in [0.29, 0.717) is 5.92 Å². The zero-order valence-electron chi connectivity index (χ0n) is 19.6. The third-order valence-corrected chi connectivity index (χ3v) is 7.40. The SMILES string of the molecule is CC(C)c1cnn2c(NC3CC4CCC(C3)N4C(=O)OC3CNC3)cc(-c3ccncc3)nc12. The molecule has 2 N–H and O–H groups in total. The second kappa shape index (κ2) is 8.54. The number of carbonyl (C=O) groups excluding carboxylic acids is 1. The molecular formula is C25H31N7O2. The van der Waals surface area contributed by atoms with Gasteiger partial charge in [-0.25, -0.2) is 9.78 Å². The molecule has 9 nitrogen and oxygen atoms in total. The lowest BCUT2D eigenvalue weighted by Crippen LogP contribution is -2.55. The van der Waals surface area contributed by atoms with E-state index in [1.54, 1.807) is 12.4 Å².